The first kappa shape index (κ1) is 18.4. The minimum atomic E-state index is -0.0585. The van der Waals surface area contributed by atoms with Crippen LogP contribution < -0.4 is 5.32 Å². The van der Waals surface area contributed by atoms with Gasteiger partial charge in [0.25, 0.3) is 5.91 Å². The molecule has 0 radical (unpaired) electrons. The number of nitrogens with one attached hydrogen (secondary N) is 1. The van der Waals surface area contributed by atoms with Gasteiger partial charge in [0.1, 0.15) is 0 Å². The van der Waals surface area contributed by atoms with Crippen molar-refractivity contribution in [2.75, 3.05) is 20.6 Å². The van der Waals surface area contributed by atoms with Gasteiger partial charge in [-0.2, -0.15) is 5.10 Å². The van der Waals surface area contributed by atoms with E-state index in [1.54, 1.807) is 16.0 Å². The van der Waals surface area contributed by atoms with E-state index in [0.717, 1.165) is 16.8 Å². The van der Waals surface area contributed by atoms with E-state index in [1.807, 2.05) is 64.6 Å². The SMILES string of the molecule is Cc1nn(C)cc1-c1cccc(C(=O)NC[C@@H](c2cccs2)N(C)C)c1. The highest BCUT2D eigenvalue weighted by Gasteiger charge is 2.17. The predicted molar refractivity (Wildman–Crippen MR) is 106 cm³/mol. The van der Waals surface area contributed by atoms with Crippen LogP contribution in [0.3, 0.4) is 0 Å². The second kappa shape index (κ2) is 7.85. The van der Waals surface area contributed by atoms with Gasteiger partial charge in [-0.25, -0.2) is 0 Å². The zero-order chi connectivity index (χ0) is 18.7. The van der Waals surface area contributed by atoms with E-state index < -0.39 is 0 Å². The minimum Gasteiger partial charge on any atom is -0.350 e. The average Bonchev–Trinajstić information content (AvgIpc) is 3.24. The first-order chi connectivity index (χ1) is 12.5. The normalized spacial score (nSPS) is 12.3. The number of rotatable bonds is 6. The van der Waals surface area contributed by atoms with Gasteiger partial charge in [-0.15, -0.1) is 11.3 Å². The number of hydrogen-bond acceptors (Lipinski definition) is 4. The van der Waals surface area contributed by atoms with Gasteiger partial charge in [-0.3, -0.25) is 9.48 Å². The van der Waals surface area contributed by atoms with Gasteiger partial charge in [-0.05, 0) is 50.2 Å². The molecule has 6 heteroatoms. The smallest absolute Gasteiger partial charge is 0.251 e. The van der Waals surface area contributed by atoms with Gasteiger partial charge in [-0.1, -0.05) is 18.2 Å². The zero-order valence-corrected chi connectivity index (χ0v) is 16.4. The lowest BCUT2D eigenvalue weighted by Gasteiger charge is -2.23. The molecule has 136 valence electrons. The quantitative estimate of drug-likeness (QED) is 0.725. The highest BCUT2D eigenvalue weighted by molar-refractivity contribution is 7.10. The molecular weight excluding hydrogens is 344 g/mol. The number of aryl methyl sites for hydroxylation is 2. The third-order valence-corrected chi connectivity index (χ3v) is 5.37. The van der Waals surface area contributed by atoms with Gasteiger partial charge >= 0.3 is 0 Å². The summed E-state index contributed by atoms with van der Waals surface area (Å²) in [5.41, 5.74) is 3.67. The molecule has 1 atom stereocenters. The van der Waals surface area contributed by atoms with Crippen molar-refractivity contribution < 1.29 is 4.79 Å². The van der Waals surface area contributed by atoms with Crippen LogP contribution in [0.2, 0.25) is 0 Å². The molecule has 0 aliphatic carbocycles. The van der Waals surface area contributed by atoms with Crippen LogP contribution in [0.1, 0.15) is 27.0 Å². The van der Waals surface area contributed by atoms with Crippen molar-refractivity contribution in [3.8, 4) is 11.1 Å². The van der Waals surface area contributed by atoms with Crippen LogP contribution in [0.4, 0.5) is 0 Å². The molecule has 0 unspecified atom stereocenters. The molecule has 2 aromatic heterocycles. The largest absolute Gasteiger partial charge is 0.350 e. The summed E-state index contributed by atoms with van der Waals surface area (Å²) >= 11 is 1.71. The van der Waals surface area contributed by atoms with Crippen molar-refractivity contribution in [1.29, 1.82) is 0 Å². The van der Waals surface area contributed by atoms with Crippen molar-refractivity contribution in [3.63, 3.8) is 0 Å². The number of aromatic nitrogens is 2. The highest BCUT2D eigenvalue weighted by Crippen LogP contribution is 2.24. The Hall–Kier alpha value is -2.44. The maximum Gasteiger partial charge on any atom is 0.251 e. The number of carbonyl (C=O) groups is 1. The standard InChI is InChI=1S/C20H24N4OS/c1-14-17(13-24(4)22-14)15-7-5-8-16(11-15)20(25)21-12-18(23(2)3)19-9-6-10-26-19/h5-11,13,18H,12H2,1-4H3,(H,21,25)/t18-/m0/s1. The zero-order valence-electron chi connectivity index (χ0n) is 15.6. The highest BCUT2D eigenvalue weighted by atomic mass is 32.1. The summed E-state index contributed by atoms with van der Waals surface area (Å²) in [4.78, 5) is 16.0. The lowest BCUT2D eigenvalue weighted by atomic mass is 10.0. The van der Waals surface area contributed by atoms with Gasteiger partial charge in [0.15, 0.2) is 0 Å². The topological polar surface area (TPSA) is 50.2 Å². The Morgan fingerprint density at radius 2 is 2.12 bits per heavy atom. The first-order valence-electron chi connectivity index (χ1n) is 8.54. The van der Waals surface area contributed by atoms with E-state index in [0.29, 0.717) is 12.1 Å². The Labute approximate surface area is 158 Å². The van der Waals surface area contributed by atoms with E-state index in [4.69, 9.17) is 0 Å². The number of carbonyl (C=O) groups excluding carboxylic acids is 1. The predicted octanol–water partition coefficient (Wildman–Crippen LogP) is 3.49. The van der Waals surface area contributed by atoms with Crippen LogP contribution in [-0.4, -0.2) is 41.2 Å². The van der Waals surface area contributed by atoms with Crippen LogP contribution in [-0.2, 0) is 7.05 Å². The number of amides is 1. The van der Waals surface area contributed by atoms with Crippen LogP contribution in [0.5, 0.6) is 0 Å². The molecule has 1 aromatic carbocycles. The van der Waals surface area contributed by atoms with Gasteiger partial charge < -0.3 is 10.2 Å². The Balaban J connectivity index is 1.74. The molecule has 3 rings (SSSR count). The number of nitrogens with zero attached hydrogens (tertiary/aromatic N) is 3. The Morgan fingerprint density at radius 3 is 2.73 bits per heavy atom. The van der Waals surface area contributed by atoms with Crippen molar-refractivity contribution in [2.45, 2.75) is 13.0 Å². The molecule has 3 aromatic rings. The van der Waals surface area contributed by atoms with E-state index in [2.05, 4.69) is 26.8 Å². The number of benzene rings is 1. The first-order valence-corrected chi connectivity index (χ1v) is 9.42. The van der Waals surface area contributed by atoms with Crippen LogP contribution in [0.25, 0.3) is 11.1 Å². The van der Waals surface area contributed by atoms with E-state index in [1.165, 1.54) is 4.88 Å². The molecule has 0 saturated carbocycles. The molecule has 26 heavy (non-hydrogen) atoms. The summed E-state index contributed by atoms with van der Waals surface area (Å²) in [6.07, 6.45) is 1.98. The fourth-order valence-electron chi connectivity index (χ4n) is 3.02. The minimum absolute atomic E-state index is 0.0585. The van der Waals surface area contributed by atoms with Gasteiger partial charge in [0.05, 0.1) is 11.7 Å². The van der Waals surface area contributed by atoms with Crippen molar-refractivity contribution in [1.82, 2.24) is 20.0 Å². The van der Waals surface area contributed by atoms with E-state index in [-0.39, 0.29) is 11.9 Å². The maximum absolute atomic E-state index is 12.7. The summed E-state index contributed by atoms with van der Waals surface area (Å²) in [6.45, 7) is 2.55. The third-order valence-electron chi connectivity index (χ3n) is 4.40. The number of thiophene rings is 1. The molecule has 2 heterocycles. The van der Waals surface area contributed by atoms with Crippen molar-refractivity contribution in [3.05, 3.63) is 64.1 Å². The molecular formula is C20H24N4OS. The van der Waals surface area contributed by atoms with Crippen molar-refractivity contribution >= 4 is 17.2 Å². The van der Waals surface area contributed by atoms with Gasteiger partial charge in [0.2, 0.25) is 0 Å². The monoisotopic (exact) mass is 368 g/mol. The fourth-order valence-corrected chi connectivity index (χ4v) is 3.94. The number of hydrogen-bond donors (Lipinski definition) is 1. The van der Waals surface area contributed by atoms with Crippen molar-refractivity contribution in [2.24, 2.45) is 7.05 Å². The summed E-state index contributed by atoms with van der Waals surface area (Å²) in [5.74, 6) is -0.0585. The molecule has 5 nitrogen and oxygen atoms in total. The van der Waals surface area contributed by atoms with E-state index in [9.17, 15) is 4.79 Å². The Morgan fingerprint density at radius 1 is 1.31 bits per heavy atom. The molecule has 0 aliphatic rings. The molecule has 1 amide bonds. The summed E-state index contributed by atoms with van der Waals surface area (Å²) < 4.78 is 1.79. The number of likely N-dealkylation sites (N-methyl/N-ethyl adjacent to an activating group) is 1. The summed E-state index contributed by atoms with van der Waals surface area (Å²) in [6, 6.07) is 12.0. The molecule has 0 spiro atoms. The second-order valence-electron chi connectivity index (χ2n) is 6.59. The Kier molecular flexibility index (Phi) is 5.54. The molecule has 0 fully saturated rings. The second-order valence-corrected chi connectivity index (χ2v) is 7.57. The lowest BCUT2D eigenvalue weighted by Crippen LogP contribution is -2.34. The molecule has 1 N–H and O–H groups in total. The third kappa shape index (κ3) is 4.03. The van der Waals surface area contributed by atoms with Crippen LogP contribution in [0, 0.1) is 6.92 Å². The fraction of sp³-hybridized carbons (Fsp3) is 0.300. The molecule has 0 bridgehead atoms. The lowest BCUT2D eigenvalue weighted by molar-refractivity contribution is 0.0942. The van der Waals surface area contributed by atoms with E-state index >= 15 is 0 Å². The summed E-state index contributed by atoms with van der Waals surface area (Å²) in [7, 11) is 5.96. The van der Waals surface area contributed by atoms with Crippen LogP contribution >= 0.6 is 11.3 Å². The molecule has 0 aliphatic heterocycles. The maximum atomic E-state index is 12.7. The summed E-state index contributed by atoms with van der Waals surface area (Å²) in [5, 5.41) is 9.52. The average molecular weight is 369 g/mol. The van der Waals surface area contributed by atoms with Gasteiger partial charge in [0, 0.05) is 35.8 Å². The molecule has 0 saturated heterocycles. The van der Waals surface area contributed by atoms with Crippen LogP contribution in [0.15, 0.2) is 48.0 Å². The Bertz CT molecular complexity index is 883.